The third-order valence-electron chi connectivity index (χ3n) is 9.24. The second-order valence-corrected chi connectivity index (χ2v) is 15.5. The number of hydrogen-bond acceptors (Lipinski definition) is 0. The Labute approximate surface area is 319 Å². The van der Waals surface area contributed by atoms with Gasteiger partial charge in [0.15, 0.2) is 0 Å². The summed E-state index contributed by atoms with van der Waals surface area (Å²) >= 11 is 1.46. The van der Waals surface area contributed by atoms with Crippen molar-refractivity contribution in [2.45, 2.75) is 94.9 Å². The Kier molecular flexibility index (Phi) is 16.2. The van der Waals surface area contributed by atoms with Gasteiger partial charge in [-0.15, -0.1) is 11.1 Å². The van der Waals surface area contributed by atoms with Gasteiger partial charge >= 0.3 is 112 Å². The van der Waals surface area contributed by atoms with Gasteiger partial charge in [0.05, 0.1) is 0 Å². The molecule has 48 heavy (non-hydrogen) atoms. The maximum absolute atomic E-state index is 3.54. The van der Waals surface area contributed by atoms with Gasteiger partial charge in [-0.25, -0.2) is 6.08 Å². The molecule has 6 rings (SSSR count). The predicted molar refractivity (Wildman–Crippen MR) is 196 cm³/mol. The predicted octanol–water partition coefficient (Wildman–Crippen LogP) is 5.86. The summed E-state index contributed by atoms with van der Waals surface area (Å²) in [5.41, 5.74) is 18.1. The molecule has 1 atom stereocenters. The van der Waals surface area contributed by atoms with Crippen LogP contribution in [0, 0.1) is 65.0 Å². The van der Waals surface area contributed by atoms with E-state index in [1.54, 1.807) is 0 Å². The summed E-state index contributed by atoms with van der Waals surface area (Å²) in [6.45, 7) is 22.0. The first-order valence-electron chi connectivity index (χ1n) is 16.9. The van der Waals surface area contributed by atoms with E-state index in [1.807, 2.05) is 0 Å². The normalized spacial score (nSPS) is 13.8. The summed E-state index contributed by atoms with van der Waals surface area (Å²) in [4.78, 5) is 0. The van der Waals surface area contributed by atoms with E-state index in [0.29, 0.717) is 11.3 Å². The van der Waals surface area contributed by atoms with Crippen molar-refractivity contribution < 1.29 is 49.0 Å². The first-order chi connectivity index (χ1) is 21.8. The fourth-order valence-corrected chi connectivity index (χ4v) is 6.64. The quantitative estimate of drug-likeness (QED) is 0.198. The van der Waals surface area contributed by atoms with Crippen LogP contribution in [0.25, 0.3) is 11.1 Å². The van der Waals surface area contributed by atoms with Gasteiger partial charge < -0.3 is 24.8 Å². The molecule has 0 N–H and O–H groups in total. The monoisotopic (exact) mass is 752 g/mol. The van der Waals surface area contributed by atoms with Gasteiger partial charge in [-0.2, -0.15) is 34.9 Å². The van der Waals surface area contributed by atoms with Crippen LogP contribution in [0.2, 0.25) is 0 Å². The molecule has 2 aliphatic rings. The maximum Gasteiger partial charge on any atom is -1.00 e. The third kappa shape index (κ3) is 11.1. The Bertz CT molecular complexity index is 1630. The fraction of sp³-hybridized carbons (Fsp3) is 0.356. The molecule has 0 aromatic heterocycles. The van der Waals surface area contributed by atoms with Crippen LogP contribution in [0.1, 0.15) is 103 Å². The summed E-state index contributed by atoms with van der Waals surface area (Å²) in [5.74, 6) is 0.592. The molecule has 1 unspecified atom stereocenters. The minimum atomic E-state index is 0. The molecule has 2 aliphatic carbocycles. The van der Waals surface area contributed by atoms with Crippen molar-refractivity contribution >= 4 is 3.21 Å². The van der Waals surface area contributed by atoms with Gasteiger partial charge in [-0.1, -0.05) is 89.8 Å². The largest absolute Gasteiger partial charge is 1.00 e. The number of rotatable bonds is 5. The molecule has 0 amide bonds. The van der Waals surface area contributed by atoms with Crippen molar-refractivity contribution in [1.82, 2.24) is 0 Å². The molecule has 4 aromatic carbocycles. The molecule has 0 radical (unpaired) electrons. The number of aryl methyl sites for hydroxylation is 6. The van der Waals surface area contributed by atoms with Gasteiger partial charge in [-0.05, 0) is 37.0 Å². The topological polar surface area (TPSA) is 0 Å². The molecule has 0 saturated heterocycles. The van der Waals surface area contributed by atoms with Crippen molar-refractivity contribution in [2.24, 2.45) is 11.3 Å². The zero-order valence-electron chi connectivity index (χ0n) is 30.7. The van der Waals surface area contributed by atoms with Crippen molar-refractivity contribution in [2.75, 3.05) is 0 Å². The maximum atomic E-state index is 3.54. The summed E-state index contributed by atoms with van der Waals surface area (Å²) in [6.07, 6.45) is 12.9. The zero-order valence-corrected chi connectivity index (χ0v) is 34.6. The van der Waals surface area contributed by atoms with Crippen LogP contribution < -0.4 is 24.8 Å². The number of halogens is 2. The Hall–Kier alpha value is -2.31. The molecule has 3 heteroatoms. The Morgan fingerprint density at radius 1 is 0.750 bits per heavy atom. The first kappa shape index (κ1) is 41.9. The van der Waals surface area contributed by atoms with Gasteiger partial charge in [0.1, 0.15) is 0 Å². The molecule has 0 aliphatic heterocycles. The van der Waals surface area contributed by atoms with E-state index < -0.39 is 0 Å². The minimum absolute atomic E-state index is 0. The number of allylic oxidation sites excluding steroid dienone is 4. The Morgan fingerprint density at radius 2 is 1.27 bits per heavy atom. The number of hydrogen-bond donors (Lipinski definition) is 0. The van der Waals surface area contributed by atoms with Crippen LogP contribution in [0.4, 0.5) is 0 Å². The summed E-state index contributed by atoms with van der Waals surface area (Å²) in [7, 11) is 0. The SMILES string of the molecule is CCCCC1[C-]=CC(C(C)(C)C)=C1.Cc1[c-]c2c(cc1C)-c1cc(C)c(C)cc1C2.Cc1ccc([C](=[Zr+2])c2ccc(C)cc2)cc1.[Cl-].[Cl-]. The van der Waals surface area contributed by atoms with E-state index in [9.17, 15) is 0 Å². The van der Waals surface area contributed by atoms with Gasteiger partial charge in [-0.3, -0.25) is 6.08 Å². The molecule has 0 nitrogen and oxygen atoms in total. The van der Waals surface area contributed by atoms with Crippen molar-refractivity contribution in [3.05, 3.63) is 152 Å². The molecule has 252 valence electrons. The average molecular weight is 755 g/mol. The Balaban J connectivity index is 0.000000248. The van der Waals surface area contributed by atoms with E-state index in [4.69, 9.17) is 0 Å². The number of unbranched alkanes of at least 4 members (excludes halogenated alkanes) is 1. The molecular weight excluding hydrogens is 703 g/mol. The standard InChI is InChI=1S/C17H17.C15H14.C13H21.2ClH.Zr/c1-10-5-14-9-15-6-11(2)13(4)8-17(15)16(14)7-12(10)3;1-12-3-7-14(8-4-12)11-15-9-5-13(2)6-10-15;1-5-6-7-11-8-9-12(10-11)13(2,3)4;;;/h5,7-8H,9H2,1-4H3;3-10H,1-2H3;9-11H,5-7H2,1-4H3;2*1H;/q-1;;-1;;;+2/p-2. The minimum Gasteiger partial charge on any atom is -1.00 e. The molecule has 0 bridgehead atoms. The van der Waals surface area contributed by atoms with Gasteiger partial charge in [0.25, 0.3) is 0 Å². The molecular formula is C45H52Cl2Zr-2. The second kappa shape index (κ2) is 18.6. The van der Waals surface area contributed by atoms with Crippen molar-refractivity contribution in [3.8, 4) is 11.1 Å². The molecule has 0 fully saturated rings. The van der Waals surface area contributed by atoms with E-state index >= 15 is 0 Å². The average Bonchev–Trinajstić information content (AvgIpc) is 3.63. The first-order valence-corrected chi connectivity index (χ1v) is 18.2. The van der Waals surface area contributed by atoms with Crippen LogP contribution >= 0.6 is 0 Å². The summed E-state index contributed by atoms with van der Waals surface area (Å²) in [6, 6.07) is 28.1. The van der Waals surface area contributed by atoms with Crippen LogP contribution in [0.15, 0.2) is 84.5 Å². The van der Waals surface area contributed by atoms with Gasteiger partial charge in [0.2, 0.25) is 0 Å². The van der Waals surface area contributed by atoms with Gasteiger partial charge in [0, 0.05) is 0 Å². The van der Waals surface area contributed by atoms with Crippen LogP contribution in [-0.2, 0) is 30.7 Å². The van der Waals surface area contributed by atoms with E-state index in [-0.39, 0.29) is 24.8 Å². The second-order valence-electron chi connectivity index (χ2n) is 14.3. The van der Waals surface area contributed by atoms with Crippen LogP contribution in [0.5, 0.6) is 0 Å². The van der Waals surface area contributed by atoms with E-state index in [0.717, 1.165) is 6.42 Å². The van der Waals surface area contributed by atoms with Crippen molar-refractivity contribution in [3.63, 3.8) is 0 Å². The summed E-state index contributed by atoms with van der Waals surface area (Å²) in [5, 5.41) is 0. The fourth-order valence-electron chi connectivity index (χ4n) is 5.82. The van der Waals surface area contributed by atoms with E-state index in [1.165, 1.54) is 119 Å². The molecule has 4 aromatic rings. The molecule has 0 heterocycles. The van der Waals surface area contributed by atoms with Crippen molar-refractivity contribution in [1.29, 1.82) is 0 Å². The smallest absolute Gasteiger partial charge is 1.00 e. The summed E-state index contributed by atoms with van der Waals surface area (Å²) < 4.78 is 1.42. The van der Waals surface area contributed by atoms with E-state index in [2.05, 4.69) is 160 Å². The molecule has 0 spiro atoms. The Morgan fingerprint density at radius 3 is 1.77 bits per heavy atom. The number of benzene rings is 4. The number of fused-ring (bicyclic) bond motifs is 3. The van der Waals surface area contributed by atoms with Crippen LogP contribution in [0.3, 0.4) is 0 Å². The zero-order chi connectivity index (χ0) is 33.6. The third-order valence-corrected chi connectivity index (χ3v) is 10.7. The molecule has 0 saturated carbocycles. The van der Waals surface area contributed by atoms with Crippen LogP contribution in [-0.4, -0.2) is 3.21 Å².